The van der Waals surface area contributed by atoms with Crippen molar-refractivity contribution in [1.82, 2.24) is 35.1 Å². The molecule has 5 heterocycles. The molecule has 4 amide bonds. The second-order valence-electron chi connectivity index (χ2n) is 19.8. The van der Waals surface area contributed by atoms with Crippen molar-refractivity contribution in [3.05, 3.63) is 71.5 Å². The summed E-state index contributed by atoms with van der Waals surface area (Å²) in [5.41, 5.74) is 9.64. The number of methoxy groups -OCH3 is 1. The van der Waals surface area contributed by atoms with Crippen molar-refractivity contribution in [1.29, 1.82) is 0 Å². The number of carbonyl (C=O) groups is 4. The van der Waals surface area contributed by atoms with Crippen molar-refractivity contribution in [3.63, 3.8) is 0 Å². The van der Waals surface area contributed by atoms with Crippen molar-refractivity contribution >= 4 is 44.4 Å². The summed E-state index contributed by atoms with van der Waals surface area (Å²) < 4.78 is 31.3. The quantitative estimate of drug-likeness (QED) is 0.165. The number of esters is 1. The van der Waals surface area contributed by atoms with Crippen molar-refractivity contribution < 1.29 is 38.0 Å². The Morgan fingerprint density at radius 1 is 1.06 bits per heavy atom. The van der Waals surface area contributed by atoms with Crippen LogP contribution in [-0.2, 0) is 53.0 Å². The first kappa shape index (κ1) is 48.9. The molecule has 16 nitrogen and oxygen atoms in total. The topological polar surface area (TPSA) is 188 Å². The van der Waals surface area contributed by atoms with Crippen LogP contribution in [0, 0.1) is 11.3 Å². The van der Waals surface area contributed by atoms with Gasteiger partial charge in [-0.2, -0.15) is 0 Å². The van der Waals surface area contributed by atoms with Crippen LogP contribution in [0.5, 0.6) is 5.75 Å². The zero-order chi connectivity index (χ0) is 48.5. The third kappa shape index (κ3) is 10.1. The van der Waals surface area contributed by atoms with Gasteiger partial charge in [-0.1, -0.05) is 38.8 Å². The molecule has 17 heteroatoms. The van der Waals surface area contributed by atoms with Crippen LogP contribution in [0.4, 0.5) is 4.79 Å². The van der Waals surface area contributed by atoms with Crippen LogP contribution >= 0.6 is 0 Å². The van der Waals surface area contributed by atoms with Gasteiger partial charge in [0, 0.05) is 103 Å². The number of aromatic hydroxyl groups is 1. The van der Waals surface area contributed by atoms with E-state index >= 15 is 0 Å². The highest BCUT2D eigenvalue weighted by molar-refractivity contribution is 7.93. The number of ether oxygens (including phenoxy) is 2. The SMILES string of the molecule is CCn1c(-c2cccnc2[C@H](C)OC)c2c3cc(ccc31)-c1cc(O)cc(c1)C[C@H](NC(=O)C(C1CCCC1)N(C)C(=O)N1CCS(=O)(=NC)CC1)C(=O)N1CCC[C@H](N1)C(=O)OCC(C)(C)C2. The van der Waals surface area contributed by atoms with Gasteiger partial charge in [-0.15, -0.1) is 0 Å². The number of aromatic nitrogens is 2. The molecular weight excluding hydrogens is 885 g/mol. The normalized spacial score (nSPS) is 22.0. The van der Waals surface area contributed by atoms with E-state index < -0.39 is 51.1 Å². The average molecular weight is 953 g/mol. The summed E-state index contributed by atoms with van der Waals surface area (Å²) in [7, 11) is 2.48. The first-order valence-electron chi connectivity index (χ1n) is 24.2. The maximum Gasteiger partial charge on any atom is 0.324 e. The fourth-order valence-electron chi connectivity index (χ4n) is 10.7. The number of hydrazine groups is 1. The Hall–Kier alpha value is -5.52. The van der Waals surface area contributed by atoms with Gasteiger partial charge in [0.1, 0.15) is 23.9 Å². The van der Waals surface area contributed by atoms with Gasteiger partial charge in [-0.3, -0.25) is 24.4 Å². The summed E-state index contributed by atoms with van der Waals surface area (Å²) >= 11 is 0. The third-order valence-electron chi connectivity index (χ3n) is 14.5. The van der Waals surface area contributed by atoms with E-state index in [2.05, 4.69) is 58.6 Å². The third-order valence-corrected chi connectivity index (χ3v) is 16.8. The van der Waals surface area contributed by atoms with Crippen molar-refractivity contribution in [2.75, 3.05) is 59.0 Å². The number of likely N-dealkylation sites (N-methyl/N-ethyl adjacent to an activating group) is 1. The number of pyridine rings is 1. The van der Waals surface area contributed by atoms with Crippen LogP contribution in [-0.4, -0.2) is 135 Å². The van der Waals surface area contributed by atoms with Crippen molar-refractivity contribution in [3.8, 4) is 28.1 Å². The fourth-order valence-corrected chi connectivity index (χ4v) is 12.3. The molecule has 1 unspecified atom stereocenters. The lowest BCUT2D eigenvalue weighted by Crippen LogP contribution is -2.63. The van der Waals surface area contributed by atoms with Crippen LogP contribution in [0.15, 0.2) is 59.1 Å². The number of fused-ring (bicyclic) bond motifs is 6. The molecule has 2 aromatic carbocycles. The van der Waals surface area contributed by atoms with E-state index in [1.165, 1.54) is 9.91 Å². The predicted molar refractivity (Wildman–Crippen MR) is 262 cm³/mol. The summed E-state index contributed by atoms with van der Waals surface area (Å²) in [5, 5.41) is 16.9. The average Bonchev–Trinajstić information content (AvgIpc) is 3.98. The number of nitrogens with one attached hydrogen (secondary N) is 2. The number of phenols is 1. The molecule has 2 saturated heterocycles. The van der Waals surface area contributed by atoms with E-state index in [4.69, 9.17) is 14.5 Å². The molecule has 2 aromatic heterocycles. The van der Waals surface area contributed by atoms with Gasteiger partial charge in [-0.25, -0.2) is 18.8 Å². The van der Waals surface area contributed by atoms with E-state index in [-0.39, 0.29) is 68.0 Å². The number of hydrogen-bond acceptors (Lipinski definition) is 11. The Morgan fingerprint density at radius 3 is 2.51 bits per heavy atom. The highest BCUT2D eigenvalue weighted by atomic mass is 32.2. The Morgan fingerprint density at radius 2 is 1.81 bits per heavy atom. The zero-order valence-corrected chi connectivity index (χ0v) is 41.4. The lowest BCUT2D eigenvalue weighted by atomic mass is 9.84. The highest BCUT2D eigenvalue weighted by Crippen LogP contribution is 2.42. The molecule has 0 radical (unpaired) electrons. The number of aryl methyl sites for hydroxylation is 1. The monoisotopic (exact) mass is 952 g/mol. The minimum absolute atomic E-state index is 0.000615. The van der Waals surface area contributed by atoms with Crippen molar-refractivity contribution in [2.24, 2.45) is 15.7 Å². The number of rotatable bonds is 8. The highest BCUT2D eigenvalue weighted by Gasteiger charge is 2.41. The van der Waals surface area contributed by atoms with Crippen LogP contribution < -0.4 is 10.7 Å². The van der Waals surface area contributed by atoms with Gasteiger partial charge in [-0.05, 0) is 111 Å². The molecule has 366 valence electrons. The molecule has 4 atom stereocenters. The van der Waals surface area contributed by atoms with Crippen LogP contribution in [0.25, 0.3) is 33.3 Å². The van der Waals surface area contributed by atoms with E-state index in [0.29, 0.717) is 31.4 Å². The molecule has 8 rings (SSSR count). The first-order chi connectivity index (χ1) is 32.5. The molecule has 68 heavy (non-hydrogen) atoms. The molecule has 3 fully saturated rings. The minimum atomic E-state index is -2.38. The second kappa shape index (κ2) is 20.2. The van der Waals surface area contributed by atoms with Crippen molar-refractivity contribution in [2.45, 2.75) is 110 Å². The number of cyclic esters (lactones) is 1. The summed E-state index contributed by atoms with van der Waals surface area (Å²) in [6, 6.07) is 12.4. The maximum atomic E-state index is 14.9. The van der Waals surface area contributed by atoms with Crippen LogP contribution in [0.3, 0.4) is 0 Å². The van der Waals surface area contributed by atoms with E-state index in [1.807, 2.05) is 25.1 Å². The smallest absolute Gasteiger partial charge is 0.324 e. The molecule has 1 aliphatic carbocycles. The molecule has 1 saturated carbocycles. The van der Waals surface area contributed by atoms with Gasteiger partial charge >= 0.3 is 12.0 Å². The van der Waals surface area contributed by atoms with Gasteiger partial charge in [0.15, 0.2) is 0 Å². The molecular formula is C51H68N8O8S. The second-order valence-corrected chi connectivity index (χ2v) is 22.5. The van der Waals surface area contributed by atoms with E-state index in [9.17, 15) is 28.5 Å². The summed E-state index contributed by atoms with van der Waals surface area (Å²) in [5.74, 6) is -0.990. The fraction of sp³-hybridized carbons (Fsp3) is 0.549. The van der Waals surface area contributed by atoms with Gasteiger partial charge in [0.25, 0.3) is 5.91 Å². The Labute approximate surface area is 400 Å². The Balaban J connectivity index is 1.21. The summed E-state index contributed by atoms with van der Waals surface area (Å²) in [6.07, 6.45) is 6.33. The Kier molecular flexibility index (Phi) is 14.5. The molecule has 6 bridgehead atoms. The van der Waals surface area contributed by atoms with E-state index in [0.717, 1.165) is 70.2 Å². The number of nitrogens with zero attached hydrogens (tertiary/aromatic N) is 6. The Bertz CT molecular complexity index is 2670. The van der Waals surface area contributed by atoms with E-state index in [1.54, 1.807) is 44.4 Å². The lowest BCUT2D eigenvalue weighted by Gasteiger charge is -2.39. The lowest BCUT2D eigenvalue weighted by molar-refractivity contribution is -0.155. The number of amides is 4. The van der Waals surface area contributed by atoms with Gasteiger partial charge < -0.3 is 34.3 Å². The molecule has 4 aromatic rings. The largest absolute Gasteiger partial charge is 0.508 e. The van der Waals surface area contributed by atoms with Gasteiger partial charge in [0.2, 0.25) is 5.91 Å². The molecule has 3 aliphatic heterocycles. The molecule has 3 N–H and O–H groups in total. The summed E-state index contributed by atoms with van der Waals surface area (Å²) in [4.78, 5) is 65.7. The predicted octanol–water partition coefficient (Wildman–Crippen LogP) is 6.48. The zero-order valence-electron chi connectivity index (χ0n) is 40.6. The number of urea groups is 1. The number of hydrogen-bond donors (Lipinski definition) is 3. The molecule has 0 spiro atoms. The number of carbonyl (C=O) groups excluding carboxylic acids is 4. The maximum absolute atomic E-state index is 14.9. The summed E-state index contributed by atoms with van der Waals surface area (Å²) in [6.45, 7) is 9.86. The molecule has 4 aliphatic rings. The number of benzene rings is 2. The van der Waals surface area contributed by atoms with Crippen LogP contribution in [0.1, 0.15) is 89.1 Å². The number of phenolic OH excluding ortho intramolecular Hbond substituents is 1. The standard InChI is InChI=1S/C51H68N8O8S/c1-8-58-43-18-17-35-29-39(43)40(46(58)38-15-11-19-53-44(38)32(2)66-7)30-51(3,4)31-67-49(63)41-16-12-20-59(55-41)48(62)42(27-33-25-36(35)28-37(60)26-33)54-47(61)45(34-13-9-10-14-34)56(6)50(64)57-21-23-68(65,52-5)24-22-57/h11,15,17-19,25-26,28-29,32,34,41-42,45,55,60H,8-10,12-14,16,20-24,27,30-31H2,1-7H3,(H,54,61)/t32-,41-,42-,45?/m0/s1. The van der Waals surface area contributed by atoms with Gasteiger partial charge in [0.05, 0.1) is 24.1 Å². The van der Waals surface area contributed by atoms with Crippen LogP contribution in [0.2, 0.25) is 0 Å². The first-order valence-corrected chi connectivity index (χ1v) is 26.0. The minimum Gasteiger partial charge on any atom is -0.508 e.